The van der Waals surface area contributed by atoms with Gasteiger partial charge in [0, 0.05) is 0 Å². The van der Waals surface area contributed by atoms with Gasteiger partial charge >= 0.3 is 0 Å². The summed E-state index contributed by atoms with van der Waals surface area (Å²) in [7, 11) is 0. The molecule has 0 saturated heterocycles. The molecule has 2 heteroatoms. The van der Waals surface area contributed by atoms with Gasteiger partial charge in [0.1, 0.15) is 0 Å². The van der Waals surface area contributed by atoms with Gasteiger partial charge in [0.2, 0.25) is 5.91 Å². The van der Waals surface area contributed by atoms with Crippen molar-refractivity contribution in [3.8, 4) is 0 Å². The first kappa shape index (κ1) is 6.89. The van der Waals surface area contributed by atoms with E-state index in [1.807, 2.05) is 6.92 Å². The van der Waals surface area contributed by atoms with E-state index in [-0.39, 0.29) is 11.3 Å². The quantitative estimate of drug-likeness (QED) is 0.560. The maximum absolute atomic E-state index is 11.1. The Balaban J connectivity index is 2.30. The van der Waals surface area contributed by atoms with Gasteiger partial charge in [0.15, 0.2) is 0 Å². The van der Waals surface area contributed by atoms with E-state index in [0.29, 0.717) is 11.8 Å². The SMILES string of the molecule is C[C@@]1(C(N)=O)C[C@H]2C=C[C@@H]1C2. The van der Waals surface area contributed by atoms with Gasteiger partial charge < -0.3 is 5.73 Å². The lowest BCUT2D eigenvalue weighted by Crippen LogP contribution is -2.37. The van der Waals surface area contributed by atoms with Crippen LogP contribution >= 0.6 is 0 Å². The summed E-state index contributed by atoms with van der Waals surface area (Å²) in [6.45, 7) is 1.99. The summed E-state index contributed by atoms with van der Waals surface area (Å²) in [5.74, 6) is 0.914. The maximum Gasteiger partial charge on any atom is 0.223 e. The van der Waals surface area contributed by atoms with Crippen molar-refractivity contribution in [2.45, 2.75) is 19.8 Å². The molecule has 2 N–H and O–H groups in total. The van der Waals surface area contributed by atoms with E-state index < -0.39 is 0 Å². The van der Waals surface area contributed by atoms with Crippen molar-refractivity contribution in [2.24, 2.45) is 23.0 Å². The molecule has 1 saturated carbocycles. The Labute approximate surface area is 66.5 Å². The average Bonchev–Trinajstić information content (AvgIpc) is 2.45. The minimum absolute atomic E-state index is 0.130. The average molecular weight is 151 g/mol. The van der Waals surface area contributed by atoms with E-state index in [0.717, 1.165) is 12.8 Å². The molecule has 0 heterocycles. The number of fused-ring (bicyclic) bond motifs is 2. The van der Waals surface area contributed by atoms with E-state index in [1.54, 1.807) is 0 Å². The Bertz CT molecular complexity index is 234. The van der Waals surface area contributed by atoms with E-state index >= 15 is 0 Å². The number of carbonyl (C=O) groups excluding carboxylic acids is 1. The Morgan fingerprint density at radius 2 is 2.36 bits per heavy atom. The van der Waals surface area contributed by atoms with Gasteiger partial charge in [-0.2, -0.15) is 0 Å². The Hall–Kier alpha value is -0.790. The van der Waals surface area contributed by atoms with Crippen LogP contribution in [0.15, 0.2) is 12.2 Å². The lowest BCUT2D eigenvalue weighted by Gasteiger charge is -2.27. The monoisotopic (exact) mass is 151 g/mol. The van der Waals surface area contributed by atoms with Crippen LogP contribution in [-0.2, 0) is 4.79 Å². The number of primary amides is 1. The van der Waals surface area contributed by atoms with Crippen molar-refractivity contribution >= 4 is 5.91 Å². The molecule has 11 heavy (non-hydrogen) atoms. The van der Waals surface area contributed by atoms with Crippen LogP contribution < -0.4 is 5.73 Å². The third-order valence-electron chi connectivity index (χ3n) is 3.24. The summed E-state index contributed by atoms with van der Waals surface area (Å²) in [5.41, 5.74) is 5.11. The summed E-state index contributed by atoms with van der Waals surface area (Å²) in [6.07, 6.45) is 6.47. The van der Waals surface area contributed by atoms with Crippen LogP contribution in [0.25, 0.3) is 0 Å². The van der Waals surface area contributed by atoms with Crippen LogP contribution in [0.1, 0.15) is 19.8 Å². The second-order valence-corrected chi connectivity index (χ2v) is 3.97. The fourth-order valence-corrected chi connectivity index (χ4v) is 2.38. The predicted molar refractivity (Wildman–Crippen MR) is 42.7 cm³/mol. The van der Waals surface area contributed by atoms with E-state index in [1.165, 1.54) is 0 Å². The van der Waals surface area contributed by atoms with Crippen molar-refractivity contribution in [3.63, 3.8) is 0 Å². The van der Waals surface area contributed by atoms with Crippen molar-refractivity contribution in [1.29, 1.82) is 0 Å². The van der Waals surface area contributed by atoms with Crippen LogP contribution in [0.2, 0.25) is 0 Å². The fraction of sp³-hybridized carbons (Fsp3) is 0.667. The Morgan fingerprint density at radius 3 is 2.64 bits per heavy atom. The van der Waals surface area contributed by atoms with Gasteiger partial charge in [-0.05, 0) is 24.7 Å². The first-order valence-corrected chi connectivity index (χ1v) is 4.11. The van der Waals surface area contributed by atoms with E-state index in [2.05, 4.69) is 12.2 Å². The first-order valence-electron chi connectivity index (χ1n) is 4.11. The molecule has 1 amide bonds. The van der Waals surface area contributed by atoms with Crippen LogP contribution in [0.5, 0.6) is 0 Å². The molecule has 2 nitrogen and oxygen atoms in total. The number of hydrogen-bond donors (Lipinski definition) is 1. The zero-order valence-corrected chi connectivity index (χ0v) is 6.71. The number of hydrogen-bond acceptors (Lipinski definition) is 1. The van der Waals surface area contributed by atoms with Crippen LogP contribution in [0, 0.1) is 17.3 Å². The highest BCUT2D eigenvalue weighted by Gasteiger charge is 2.48. The fourth-order valence-electron chi connectivity index (χ4n) is 2.38. The molecule has 1 fully saturated rings. The number of carbonyl (C=O) groups is 1. The van der Waals surface area contributed by atoms with Crippen molar-refractivity contribution in [3.05, 3.63) is 12.2 Å². The lowest BCUT2D eigenvalue weighted by atomic mass is 9.77. The number of rotatable bonds is 1. The van der Waals surface area contributed by atoms with Gasteiger partial charge in [-0.1, -0.05) is 19.1 Å². The molecule has 2 bridgehead atoms. The van der Waals surface area contributed by atoms with Crippen LogP contribution in [0.3, 0.4) is 0 Å². The molecule has 0 spiro atoms. The second kappa shape index (κ2) is 1.87. The van der Waals surface area contributed by atoms with Gasteiger partial charge in [0.25, 0.3) is 0 Å². The molecular weight excluding hydrogens is 138 g/mol. The predicted octanol–water partition coefficient (Wildman–Crippen LogP) is 1.07. The maximum atomic E-state index is 11.1. The first-order chi connectivity index (χ1) is 5.13. The van der Waals surface area contributed by atoms with Crippen molar-refractivity contribution in [2.75, 3.05) is 0 Å². The summed E-state index contributed by atoms with van der Waals surface area (Å²) >= 11 is 0. The zero-order valence-electron chi connectivity index (χ0n) is 6.71. The molecule has 0 aromatic carbocycles. The van der Waals surface area contributed by atoms with Gasteiger partial charge in [-0.15, -0.1) is 0 Å². The Kier molecular flexibility index (Phi) is 1.17. The van der Waals surface area contributed by atoms with Crippen LogP contribution in [-0.4, -0.2) is 5.91 Å². The smallest absolute Gasteiger partial charge is 0.223 e. The third-order valence-corrected chi connectivity index (χ3v) is 3.24. The Morgan fingerprint density at radius 1 is 1.64 bits per heavy atom. The van der Waals surface area contributed by atoms with Crippen molar-refractivity contribution < 1.29 is 4.79 Å². The molecule has 2 aliphatic carbocycles. The summed E-state index contributed by atoms with van der Waals surface area (Å²) in [4.78, 5) is 11.1. The minimum Gasteiger partial charge on any atom is -0.369 e. The lowest BCUT2D eigenvalue weighted by molar-refractivity contribution is -0.128. The normalized spacial score (nSPS) is 46.6. The summed E-state index contributed by atoms with van der Waals surface area (Å²) in [6, 6.07) is 0. The largest absolute Gasteiger partial charge is 0.369 e. The highest BCUT2D eigenvalue weighted by Crippen LogP contribution is 2.51. The number of amides is 1. The molecule has 0 unspecified atom stereocenters. The van der Waals surface area contributed by atoms with Gasteiger partial charge in [0.05, 0.1) is 5.41 Å². The highest BCUT2D eigenvalue weighted by atomic mass is 16.1. The molecule has 2 rings (SSSR count). The second-order valence-electron chi connectivity index (χ2n) is 3.97. The third kappa shape index (κ3) is 0.753. The molecule has 0 aromatic heterocycles. The number of nitrogens with two attached hydrogens (primary N) is 1. The van der Waals surface area contributed by atoms with E-state index in [9.17, 15) is 4.79 Å². The highest BCUT2D eigenvalue weighted by molar-refractivity contribution is 5.81. The van der Waals surface area contributed by atoms with Crippen LogP contribution in [0.4, 0.5) is 0 Å². The van der Waals surface area contributed by atoms with Gasteiger partial charge in [-0.3, -0.25) is 4.79 Å². The molecule has 3 atom stereocenters. The van der Waals surface area contributed by atoms with Gasteiger partial charge in [-0.25, -0.2) is 0 Å². The topological polar surface area (TPSA) is 43.1 Å². The number of allylic oxidation sites excluding steroid dienone is 2. The molecular formula is C9H13NO. The standard InChI is InChI=1S/C9H13NO/c1-9(8(10)11)5-6-2-3-7(9)4-6/h2-3,6-7H,4-5H2,1H3,(H2,10,11)/t6-,7+,9+/m0/s1. The zero-order chi connectivity index (χ0) is 8.06. The molecule has 0 aliphatic heterocycles. The van der Waals surface area contributed by atoms with Crippen molar-refractivity contribution in [1.82, 2.24) is 0 Å². The summed E-state index contributed by atoms with van der Waals surface area (Å²) < 4.78 is 0. The molecule has 0 aromatic rings. The molecule has 60 valence electrons. The minimum atomic E-state index is -0.237. The van der Waals surface area contributed by atoms with E-state index in [4.69, 9.17) is 5.73 Å². The molecule has 0 radical (unpaired) electrons. The summed E-state index contributed by atoms with van der Waals surface area (Å²) in [5, 5.41) is 0. The molecule has 2 aliphatic rings.